The number of hydrogen-bond acceptors (Lipinski definition) is 4. The predicted octanol–water partition coefficient (Wildman–Crippen LogP) is 2.51. The molecule has 0 aliphatic carbocycles. The van der Waals surface area contributed by atoms with Gasteiger partial charge in [-0.25, -0.2) is 0 Å². The first kappa shape index (κ1) is 15.6. The van der Waals surface area contributed by atoms with Crippen molar-refractivity contribution in [2.75, 3.05) is 6.61 Å². The van der Waals surface area contributed by atoms with Crippen LogP contribution in [0.2, 0.25) is 0 Å². The van der Waals surface area contributed by atoms with Crippen molar-refractivity contribution in [1.29, 1.82) is 5.26 Å². The van der Waals surface area contributed by atoms with E-state index in [4.69, 9.17) is 10.00 Å². The number of nitrogens with zero attached hydrogens (tertiary/aromatic N) is 2. The van der Waals surface area contributed by atoms with Crippen LogP contribution < -0.4 is 10.3 Å². The average Bonchev–Trinajstić information content (AvgIpc) is 2.54. The second kappa shape index (κ2) is 6.81. The molecule has 0 radical (unpaired) electrons. The Bertz CT molecular complexity index is 758. The molecule has 0 fully saturated rings. The molecule has 0 saturated heterocycles. The van der Waals surface area contributed by atoms with Crippen LogP contribution in [0.1, 0.15) is 23.1 Å². The van der Waals surface area contributed by atoms with Crippen molar-refractivity contribution in [3.8, 4) is 17.7 Å². The summed E-state index contributed by atoms with van der Waals surface area (Å²) in [5.74, 6) is 0.679. The van der Waals surface area contributed by atoms with Gasteiger partial charge < -0.3 is 9.84 Å². The smallest absolute Gasteiger partial charge is 0.271 e. The molecule has 5 heteroatoms. The van der Waals surface area contributed by atoms with Gasteiger partial charge in [0.15, 0.2) is 5.88 Å². The lowest BCUT2D eigenvalue weighted by atomic mass is 10.1. The highest BCUT2D eigenvalue weighted by Crippen LogP contribution is 2.20. The van der Waals surface area contributed by atoms with Gasteiger partial charge in [-0.1, -0.05) is 18.2 Å². The lowest BCUT2D eigenvalue weighted by Crippen LogP contribution is -2.25. The molecule has 1 aromatic heterocycles. The van der Waals surface area contributed by atoms with E-state index in [-0.39, 0.29) is 11.4 Å². The zero-order valence-corrected chi connectivity index (χ0v) is 12.7. The van der Waals surface area contributed by atoms with Gasteiger partial charge in [-0.3, -0.25) is 9.36 Å². The lowest BCUT2D eigenvalue weighted by Gasteiger charge is -2.14. The molecule has 0 aliphatic heterocycles. The second-order valence-corrected chi connectivity index (χ2v) is 5.03. The molecule has 1 aromatic carbocycles. The normalized spacial score (nSPS) is 10.2. The van der Waals surface area contributed by atoms with Crippen molar-refractivity contribution in [3.05, 3.63) is 57.4 Å². The molecule has 0 spiro atoms. The topological polar surface area (TPSA) is 75.2 Å². The summed E-state index contributed by atoms with van der Waals surface area (Å²) < 4.78 is 6.79. The molecular weight excluding hydrogens is 280 g/mol. The molecule has 2 rings (SSSR count). The molecule has 0 aliphatic rings. The molecule has 5 nitrogen and oxygen atoms in total. The van der Waals surface area contributed by atoms with Crippen LogP contribution in [0.4, 0.5) is 0 Å². The van der Waals surface area contributed by atoms with E-state index in [1.165, 1.54) is 4.57 Å². The Morgan fingerprint density at radius 1 is 1.23 bits per heavy atom. The minimum absolute atomic E-state index is 0.0822. The maximum absolute atomic E-state index is 12.2. The summed E-state index contributed by atoms with van der Waals surface area (Å²) >= 11 is 0. The van der Waals surface area contributed by atoms with E-state index in [1.54, 1.807) is 13.8 Å². The highest BCUT2D eigenvalue weighted by Gasteiger charge is 2.15. The Hall–Kier alpha value is -2.74. The number of aromatic hydroxyl groups is 1. The molecule has 1 heterocycles. The molecule has 0 atom stereocenters. The van der Waals surface area contributed by atoms with E-state index in [2.05, 4.69) is 0 Å². The Morgan fingerprint density at radius 2 is 1.91 bits per heavy atom. The number of hydrogen-bond donors (Lipinski definition) is 1. The fourth-order valence-electron chi connectivity index (χ4n) is 2.22. The highest BCUT2D eigenvalue weighted by molar-refractivity contribution is 5.44. The maximum Gasteiger partial charge on any atom is 0.271 e. The minimum Gasteiger partial charge on any atom is -0.494 e. The van der Waals surface area contributed by atoms with Gasteiger partial charge in [-0.15, -0.1) is 0 Å². The van der Waals surface area contributed by atoms with E-state index in [0.717, 1.165) is 5.75 Å². The van der Waals surface area contributed by atoms with Crippen molar-refractivity contribution in [2.24, 2.45) is 0 Å². The monoisotopic (exact) mass is 298 g/mol. The SMILES string of the molecule is Cc1c(C)c(O)n(CCCOc2ccccc2)c(=O)c1C#N. The largest absolute Gasteiger partial charge is 0.494 e. The van der Waals surface area contributed by atoms with Crippen molar-refractivity contribution < 1.29 is 9.84 Å². The van der Waals surface area contributed by atoms with Crippen LogP contribution in [-0.4, -0.2) is 16.3 Å². The van der Waals surface area contributed by atoms with Crippen LogP contribution in [-0.2, 0) is 6.54 Å². The number of rotatable bonds is 5. The Morgan fingerprint density at radius 3 is 2.55 bits per heavy atom. The van der Waals surface area contributed by atoms with E-state index in [1.807, 2.05) is 36.4 Å². The van der Waals surface area contributed by atoms with Crippen LogP contribution in [0.25, 0.3) is 0 Å². The van der Waals surface area contributed by atoms with Crippen molar-refractivity contribution in [3.63, 3.8) is 0 Å². The molecule has 0 saturated carbocycles. The van der Waals surface area contributed by atoms with E-state index in [9.17, 15) is 9.90 Å². The summed E-state index contributed by atoms with van der Waals surface area (Å²) in [6.45, 7) is 4.08. The first-order chi connectivity index (χ1) is 10.6. The van der Waals surface area contributed by atoms with Crippen LogP contribution in [0.5, 0.6) is 11.6 Å². The number of aromatic nitrogens is 1. The summed E-state index contributed by atoms with van der Waals surface area (Å²) in [5, 5.41) is 19.2. The van der Waals surface area contributed by atoms with Crippen molar-refractivity contribution >= 4 is 0 Å². The molecule has 2 aromatic rings. The molecule has 22 heavy (non-hydrogen) atoms. The van der Waals surface area contributed by atoms with E-state index >= 15 is 0 Å². The third-order valence-electron chi connectivity index (χ3n) is 3.64. The van der Waals surface area contributed by atoms with Gasteiger partial charge in [-0.2, -0.15) is 5.26 Å². The quantitative estimate of drug-likeness (QED) is 0.861. The summed E-state index contributed by atoms with van der Waals surface area (Å²) in [4.78, 5) is 12.2. The summed E-state index contributed by atoms with van der Waals surface area (Å²) in [7, 11) is 0. The number of ether oxygens (including phenoxy) is 1. The van der Waals surface area contributed by atoms with E-state index < -0.39 is 5.56 Å². The van der Waals surface area contributed by atoms with Gasteiger partial charge in [0.1, 0.15) is 17.4 Å². The maximum atomic E-state index is 12.2. The van der Waals surface area contributed by atoms with Crippen LogP contribution >= 0.6 is 0 Å². The number of benzene rings is 1. The predicted molar refractivity (Wildman–Crippen MR) is 83.1 cm³/mol. The molecule has 1 N–H and O–H groups in total. The Labute approximate surface area is 129 Å². The van der Waals surface area contributed by atoms with Crippen molar-refractivity contribution in [1.82, 2.24) is 4.57 Å². The Kier molecular flexibility index (Phi) is 4.84. The third-order valence-corrected chi connectivity index (χ3v) is 3.64. The van der Waals surface area contributed by atoms with Gasteiger partial charge >= 0.3 is 0 Å². The van der Waals surface area contributed by atoms with Gasteiger partial charge in [-0.05, 0) is 38.0 Å². The first-order valence-corrected chi connectivity index (χ1v) is 7.07. The number of nitriles is 1. The minimum atomic E-state index is -0.456. The number of para-hydroxylation sites is 1. The second-order valence-electron chi connectivity index (χ2n) is 5.03. The molecule has 0 unspecified atom stereocenters. The first-order valence-electron chi connectivity index (χ1n) is 7.07. The van der Waals surface area contributed by atoms with E-state index in [0.29, 0.717) is 30.7 Å². The number of pyridine rings is 1. The zero-order chi connectivity index (χ0) is 16.1. The van der Waals surface area contributed by atoms with Crippen LogP contribution in [0, 0.1) is 25.2 Å². The summed E-state index contributed by atoms with van der Waals surface area (Å²) in [5.41, 5.74) is 0.712. The van der Waals surface area contributed by atoms with Crippen molar-refractivity contribution in [2.45, 2.75) is 26.8 Å². The van der Waals surface area contributed by atoms with Crippen LogP contribution in [0.3, 0.4) is 0 Å². The third kappa shape index (κ3) is 3.12. The summed E-state index contributed by atoms with van der Waals surface area (Å²) in [6.07, 6.45) is 0.551. The fraction of sp³-hybridized carbons (Fsp3) is 0.294. The average molecular weight is 298 g/mol. The van der Waals surface area contributed by atoms with Gasteiger partial charge in [0.25, 0.3) is 5.56 Å². The molecule has 114 valence electrons. The van der Waals surface area contributed by atoms with Gasteiger partial charge in [0.2, 0.25) is 0 Å². The Balaban J connectivity index is 2.09. The molecule has 0 bridgehead atoms. The lowest BCUT2D eigenvalue weighted by molar-refractivity contribution is 0.294. The summed E-state index contributed by atoms with van der Waals surface area (Å²) in [6, 6.07) is 11.3. The highest BCUT2D eigenvalue weighted by atomic mass is 16.5. The van der Waals surface area contributed by atoms with Gasteiger partial charge in [0.05, 0.1) is 6.61 Å². The van der Waals surface area contributed by atoms with Crippen LogP contribution in [0.15, 0.2) is 35.1 Å². The standard InChI is InChI=1S/C17H18N2O3/c1-12-13(2)16(20)19(17(21)15(12)11-18)9-6-10-22-14-7-4-3-5-8-14/h3-5,7-8,20H,6,9-10H2,1-2H3. The molecule has 0 amide bonds. The fourth-order valence-corrected chi connectivity index (χ4v) is 2.22. The molecular formula is C17H18N2O3. The zero-order valence-electron chi connectivity index (χ0n) is 12.7. The van der Waals surface area contributed by atoms with Gasteiger partial charge in [0, 0.05) is 12.1 Å².